The molecule has 4 aromatic rings. The number of amides is 2. The number of nitrogens with zero attached hydrogens (tertiary/aromatic N) is 4. The van der Waals surface area contributed by atoms with Crippen LogP contribution in [0.25, 0.3) is 11.0 Å². The van der Waals surface area contributed by atoms with Crippen molar-refractivity contribution in [1.29, 1.82) is 0 Å². The predicted molar refractivity (Wildman–Crippen MR) is 147 cm³/mol. The van der Waals surface area contributed by atoms with Gasteiger partial charge in [0, 0.05) is 19.7 Å². The molecule has 2 atom stereocenters. The molecule has 0 unspecified atom stereocenters. The summed E-state index contributed by atoms with van der Waals surface area (Å²) < 4.78 is 13.1. The lowest BCUT2D eigenvalue weighted by molar-refractivity contribution is -0.143. The zero-order valence-corrected chi connectivity index (χ0v) is 22.0. The van der Waals surface area contributed by atoms with Gasteiger partial charge in [0.2, 0.25) is 11.8 Å². The van der Waals surface area contributed by atoms with Crippen molar-refractivity contribution in [2.75, 3.05) is 19.8 Å². The molecule has 0 saturated carbocycles. The van der Waals surface area contributed by atoms with Gasteiger partial charge in [0.25, 0.3) is 0 Å². The number of aromatic nitrogens is 3. The molecule has 202 valence electrons. The fourth-order valence-corrected chi connectivity index (χ4v) is 4.88. The quantitative estimate of drug-likeness (QED) is 0.318. The molecule has 1 fully saturated rings. The Morgan fingerprint density at radius 2 is 1.85 bits per heavy atom. The number of carbonyl (C=O) groups is 2. The number of ether oxygens (including phenoxy) is 2. The first kappa shape index (κ1) is 26.4. The molecule has 9 nitrogen and oxygen atoms in total. The van der Waals surface area contributed by atoms with E-state index in [0.29, 0.717) is 43.1 Å². The van der Waals surface area contributed by atoms with Gasteiger partial charge >= 0.3 is 0 Å². The second-order valence-electron chi connectivity index (χ2n) is 9.52. The van der Waals surface area contributed by atoms with Gasteiger partial charge in [-0.15, -0.1) is 5.10 Å². The Bertz CT molecular complexity index is 1380. The highest BCUT2D eigenvalue weighted by atomic mass is 16.5. The van der Waals surface area contributed by atoms with E-state index in [2.05, 4.69) is 15.6 Å². The van der Waals surface area contributed by atoms with Crippen molar-refractivity contribution in [2.24, 2.45) is 0 Å². The number of hydrogen-bond acceptors (Lipinski definition) is 6. The van der Waals surface area contributed by atoms with Crippen LogP contribution in [-0.4, -0.2) is 57.6 Å². The molecule has 0 spiro atoms. The van der Waals surface area contributed by atoms with Gasteiger partial charge in [0.05, 0.1) is 18.2 Å². The number of benzene rings is 3. The van der Waals surface area contributed by atoms with E-state index in [1.165, 1.54) is 0 Å². The smallest absolute Gasteiger partial charge is 0.247 e. The highest BCUT2D eigenvalue weighted by molar-refractivity contribution is 5.89. The number of nitrogens with one attached hydrogen (secondary N) is 1. The van der Waals surface area contributed by atoms with E-state index in [4.69, 9.17) is 9.47 Å². The number of fused-ring (bicyclic) bond motifs is 1. The molecule has 1 aliphatic rings. The standard InChI is InChI=1S/C30H33N5O4/c1-2-38-24-16-14-23(15-17-24)29(30(37)31-19-22-9-4-3-5-10-22)34(20-25-11-8-18-39-25)28(36)21-35-27-13-7-6-12-26(27)32-33-35/h3-7,9-10,12-17,25,29H,2,8,11,18-21H2,1H3,(H,31,37)/t25-,29+/m1/s1. The summed E-state index contributed by atoms with van der Waals surface area (Å²) in [4.78, 5) is 29.5. The van der Waals surface area contributed by atoms with Gasteiger partial charge in [-0.05, 0) is 55.2 Å². The van der Waals surface area contributed by atoms with Crippen molar-refractivity contribution >= 4 is 22.8 Å². The fraction of sp³-hybridized carbons (Fsp3) is 0.333. The summed E-state index contributed by atoms with van der Waals surface area (Å²) in [6, 6.07) is 23.7. The topological polar surface area (TPSA) is 98.6 Å². The van der Waals surface area contributed by atoms with Gasteiger partial charge in [-0.2, -0.15) is 0 Å². The van der Waals surface area contributed by atoms with Gasteiger partial charge in [0.15, 0.2) is 0 Å². The normalized spacial score (nSPS) is 15.7. The number of hydrogen-bond donors (Lipinski definition) is 1. The Balaban J connectivity index is 1.47. The summed E-state index contributed by atoms with van der Waals surface area (Å²) in [5.74, 6) is 0.198. The monoisotopic (exact) mass is 527 g/mol. The molecule has 0 bridgehead atoms. The largest absolute Gasteiger partial charge is 0.494 e. The average Bonchev–Trinajstić information content (AvgIpc) is 3.63. The van der Waals surface area contributed by atoms with Crippen LogP contribution in [0.5, 0.6) is 5.75 Å². The van der Waals surface area contributed by atoms with E-state index < -0.39 is 6.04 Å². The minimum Gasteiger partial charge on any atom is -0.494 e. The van der Waals surface area contributed by atoms with Crippen LogP contribution in [0, 0.1) is 0 Å². The van der Waals surface area contributed by atoms with Crippen LogP contribution >= 0.6 is 0 Å². The van der Waals surface area contributed by atoms with Crippen LogP contribution in [0.1, 0.15) is 36.9 Å². The van der Waals surface area contributed by atoms with Crippen molar-refractivity contribution < 1.29 is 19.1 Å². The number of carbonyl (C=O) groups excluding carboxylic acids is 2. The fourth-order valence-electron chi connectivity index (χ4n) is 4.88. The van der Waals surface area contributed by atoms with Crippen LogP contribution < -0.4 is 10.1 Å². The maximum atomic E-state index is 14.0. The first-order chi connectivity index (χ1) is 19.1. The predicted octanol–water partition coefficient (Wildman–Crippen LogP) is 3.90. The van der Waals surface area contributed by atoms with Crippen molar-refractivity contribution in [2.45, 2.75) is 45.0 Å². The van der Waals surface area contributed by atoms with Crippen molar-refractivity contribution in [3.8, 4) is 5.75 Å². The minimum absolute atomic E-state index is 0.0489. The summed E-state index contributed by atoms with van der Waals surface area (Å²) in [6.45, 7) is 3.70. The molecule has 1 aliphatic heterocycles. The first-order valence-corrected chi connectivity index (χ1v) is 13.4. The third-order valence-electron chi connectivity index (χ3n) is 6.83. The molecule has 2 heterocycles. The molecule has 0 aliphatic carbocycles. The highest BCUT2D eigenvalue weighted by Gasteiger charge is 2.34. The molecule has 2 amide bonds. The maximum Gasteiger partial charge on any atom is 0.247 e. The zero-order chi connectivity index (χ0) is 27.0. The molecule has 39 heavy (non-hydrogen) atoms. The second kappa shape index (κ2) is 12.5. The lowest BCUT2D eigenvalue weighted by atomic mass is 10.0. The van der Waals surface area contributed by atoms with Crippen LogP contribution in [-0.2, 0) is 27.4 Å². The molecule has 1 saturated heterocycles. The summed E-state index contributed by atoms with van der Waals surface area (Å²) in [5.41, 5.74) is 3.13. The third-order valence-corrected chi connectivity index (χ3v) is 6.83. The molecule has 9 heteroatoms. The Kier molecular flexibility index (Phi) is 8.48. The van der Waals surface area contributed by atoms with Gasteiger partial charge in [-0.1, -0.05) is 59.8 Å². The van der Waals surface area contributed by atoms with Crippen LogP contribution in [0.3, 0.4) is 0 Å². The first-order valence-electron chi connectivity index (χ1n) is 13.4. The summed E-state index contributed by atoms with van der Waals surface area (Å²) in [5, 5.41) is 11.4. The van der Waals surface area contributed by atoms with Gasteiger partial charge in [0.1, 0.15) is 23.9 Å². The Labute approximate surface area is 227 Å². The lowest BCUT2D eigenvalue weighted by Crippen LogP contribution is -2.47. The van der Waals surface area contributed by atoms with Gasteiger partial charge in [-0.3, -0.25) is 9.59 Å². The Morgan fingerprint density at radius 1 is 1.08 bits per heavy atom. The Morgan fingerprint density at radius 3 is 2.59 bits per heavy atom. The molecular formula is C30H33N5O4. The van der Waals surface area contributed by atoms with E-state index in [1.807, 2.05) is 85.8 Å². The van der Waals surface area contributed by atoms with Crippen molar-refractivity contribution in [1.82, 2.24) is 25.2 Å². The molecule has 1 aromatic heterocycles. The maximum absolute atomic E-state index is 14.0. The highest BCUT2D eigenvalue weighted by Crippen LogP contribution is 2.27. The minimum atomic E-state index is -0.865. The van der Waals surface area contributed by atoms with Gasteiger partial charge < -0.3 is 19.7 Å². The number of para-hydroxylation sites is 1. The zero-order valence-electron chi connectivity index (χ0n) is 22.0. The van der Waals surface area contributed by atoms with Crippen LogP contribution in [0.2, 0.25) is 0 Å². The van der Waals surface area contributed by atoms with E-state index >= 15 is 0 Å². The Hall–Kier alpha value is -4.24. The summed E-state index contributed by atoms with van der Waals surface area (Å²) in [7, 11) is 0. The van der Waals surface area contributed by atoms with E-state index in [9.17, 15) is 9.59 Å². The van der Waals surface area contributed by atoms with Crippen molar-refractivity contribution in [3.05, 3.63) is 90.0 Å². The lowest BCUT2D eigenvalue weighted by Gasteiger charge is -2.33. The SMILES string of the molecule is CCOc1ccc([C@@H](C(=O)NCc2ccccc2)N(C[C@H]2CCCO2)C(=O)Cn2nnc3ccccc32)cc1. The van der Waals surface area contributed by atoms with E-state index in [0.717, 1.165) is 23.9 Å². The van der Waals surface area contributed by atoms with Gasteiger partial charge in [-0.25, -0.2) is 4.68 Å². The molecule has 3 aromatic carbocycles. The van der Waals surface area contributed by atoms with Crippen LogP contribution in [0.4, 0.5) is 0 Å². The van der Waals surface area contributed by atoms with E-state index in [1.54, 1.807) is 9.58 Å². The second-order valence-corrected chi connectivity index (χ2v) is 9.52. The number of rotatable bonds is 11. The summed E-state index contributed by atoms with van der Waals surface area (Å²) >= 11 is 0. The summed E-state index contributed by atoms with van der Waals surface area (Å²) in [6.07, 6.45) is 1.61. The molecule has 5 rings (SSSR count). The van der Waals surface area contributed by atoms with E-state index in [-0.39, 0.29) is 24.5 Å². The van der Waals surface area contributed by atoms with Crippen LogP contribution in [0.15, 0.2) is 78.9 Å². The molecular weight excluding hydrogens is 494 g/mol. The molecule has 0 radical (unpaired) electrons. The third kappa shape index (κ3) is 6.43. The molecule has 1 N–H and O–H groups in total. The van der Waals surface area contributed by atoms with Crippen molar-refractivity contribution in [3.63, 3.8) is 0 Å². The average molecular weight is 528 g/mol.